The first kappa shape index (κ1) is 13.8. The van der Waals surface area contributed by atoms with Crippen LogP contribution in [-0.2, 0) is 10.0 Å². The van der Waals surface area contributed by atoms with E-state index in [1.54, 1.807) is 0 Å². The maximum Gasteiger partial charge on any atom is 0.236 e. The number of rotatable bonds is 3. The molecule has 2 rings (SSSR count). The fraction of sp³-hybridized carbons (Fsp3) is 0.600. The molecule has 0 saturated heterocycles. The van der Waals surface area contributed by atoms with Crippen LogP contribution in [0.3, 0.4) is 0 Å². The van der Waals surface area contributed by atoms with Gasteiger partial charge in [0, 0.05) is 0 Å². The van der Waals surface area contributed by atoms with Gasteiger partial charge in [-0.05, 0) is 12.8 Å². The molecule has 1 aromatic rings. The molecule has 1 N–H and O–H groups in total. The highest BCUT2D eigenvalue weighted by molar-refractivity contribution is 7.93. The highest BCUT2D eigenvalue weighted by atomic mass is 35.5. The van der Waals surface area contributed by atoms with Crippen molar-refractivity contribution in [2.24, 2.45) is 0 Å². The minimum Gasteiger partial charge on any atom is -0.266 e. The Kier molecular flexibility index (Phi) is 4.29. The van der Waals surface area contributed by atoms with E-state index in [9.17, 15) is 8.42 Å². The molecule has 1 aliphatic carbocycles. The van der Waals surface area contributed by atoms with E-state index in [0.717, 1.165) is 19.3 Å². The molecule has 0 aliphatic heterocycles. The third-order valence-corrected chi connectivity index (χ3v) is 5.55. The summed E-state index contributed by atoms with van der Waals surface area (Å²) in [6, 6.07) is 0. The second-order valence-electron chi connectivity index (χ2n) is 4.23. The largest absolute Gasteiger partial charge is 0.266 e. The molecular weight excluding hydrogens is 297 g/mol. The lowest BCUT2D eigenvalue weighted by molar-refractivity contribution is 0.486. The van der Waals surface area contributed by atoms with E-state index in [1.165, 1.54) is 6.33 Å². The van der Waals surface area contributed by atoms with Gasteiger partial charge in [0.25, 0.3) is 0 Å². The first-order valence-electron chi connectivity index (χ1n) is 5.68. The normalized spacial score (nSPS) is 17.7. The summed E-state index contributed by atoms with van der Waals surface area (Å²) in [6.07, 6.45) is 5.48. The van der Waals surface area contributed by atoms with Crippen LogP contribution in [0.2, 0.25) is 10.2 Å². The van der Waals surface area contributed by atoms with E-state index in [-0.39, 0.29) is 21.2 Å². The van der Waals surface area contributed by atoms with Crippen LogP contribution in [0.25, 0.3) is 0 Å². The molecule has 0 unspecified atom stereocenters. The Bertz CT molecular complexity index is 530. The summed E-state index contributed by atoms with van der Waals surface area (Å²) in [4.78, 5) is 7.47. The van der Waals surface area contributed by atoms with Gasteiger partial charge in [-0.15, -0.1) is 0 Å². The highest BCUT2D eigenvalue weighted by Crippen LogP contribution is 2.29. The Morgan fingerprint density at radius 3 is 2.50 bits per heavy atom. The van der Waals surface area contributed by atoms with Crippen LogP contribution >= 0.6 is 23.2 Å². The predicted molar refractivity (Wildman–Crippen MR) is 71.5 cm³/mol. The molecule has 5 nitrogen and oxygen atoms in total. The summed E-state index contributed by atoms with van der Waals surface area (Å²) in [5.41, 5.74) is 0. The van der Waals surface area contributed by atoms with E-state index in [1.807, 2.05) is 0 Å². The number of aromatic nitrogens is 2. The molecule has 0 amide bonds. The Labute approximate surface area is 116 Å². The van der Waals surface area contributed by atoms with Crippen LogP contribution in [0.4, 0.5) is 5.82 Å². The minimum atomic E-state index is -3.46. The zero-order chi connectivity index (χ0) is 13.2. The number of nitrogens with one attached hydrogen (secondary N) is 1. The average molecular weight is 310 g/mol. The maximum atomic E-state index is 12.1. The van der Waals surface area contributed by atoms with Gasteiger partial charge in [0.2, 0.25) is 10.0 Å². The summed E-state index contributed by atoms with van der Waals surface area (Å²) in [7, 11) is -3.46. The summed E-state index contributed by atoms with van der Waals surface area (Å²) < 4.78 is 26.7. The number of anilines is 1. The lowest BCUT2D eigenvalue weighted by atomic mass is 10.0. The van der Waals surface area contributed by atoms with Gasteiger partial charge in [-0.25, -0.2) is 18.4 Å². The Hall–Kier alpha value is -0.590. The lowest BCUT2D eigenvalue weighted by Crippen LogP contribution is -2.30. The minimum absolute atomic E-state index is 0.0264. The molecule has 1 heterocycles. The van der Waals surface area contributed by atoms with Crippen molar-refractivity contribution in [2.75, 3.05) is 4.72 Å². The predicted octanol–water partition coefficient (Wildman–Crippen LogP) is 2.86. The topological polar surface area (TPSA) is 72.0 Å². The van der Waals surface area contributed by atoms with Gasteiger partial charge in [0.1, 0.15) is 11.3 Å². The van der Waals surface area contributed by atoms with Crippen LogP contribution in [0.1, 0.15) is 32.1 Å². The van der Waals surface area contributed by atoms with Crippen LogP contribution < -0.4 is 4.72 Å². The first-order valence-corrected chi connectivity index (χ1v) is 7.98. The van der Waals surface area contributed by atoms with Crippen LogP contribution in [0.5, 0.6) is 0 Å². The lowest BCUT2D eigenvalue weighted by Gasteiger charge is -2.22. The van der Waals surface area contributed by atoms with E-state index in [0.29, 0.717) is 12.8 Å². The molecular formula is C10H13Cl2N3O2S. The Morgan fingerprint density at radius 1 is 1.17 bits per heavy atom. The maximum absolute atomic E-state index is 12.1. The van der Waals surface area contributed by atoms with E-state index in [2.05, 4.69) is 14.7 Å². The zero-order valence-electron chi connectivity index (χ0n) is 9.57. The molecule has 1 aliphatic rings. The van der Waals surface area contributed by atoms with Gasteiger partial charge in [-0.1, -0.05) is 42.5 Å². The quantitative estimate of drug-likeness (QED) is 0.871. The molecule has 1 fully saturated rings. The van der Waals surface area contributed by atoms with Gasteiger partial charge in [0.15, 0.2) is 11.0 Å². The van der Waals surface area contributed by atoms with Crippen molar-refractivity contribution in [3.63, 3.8) is 0 Å². The second kappa shape index (κ2) is 5.59. The Morgan fingerprint density at radius 2 is 1.83 bits per heavy atom. The van der Waals surface area contributed by atoms with Gasteiger partial charge in [-0.2, -0.15) is 0 Å². The number of halogens is 2. The third-order valence-electron chi connectivity index (χ3n) is 2.98. The van der Waals surface area contributed by atoms with Crippen LogP contribution in [0.15, 0.2) is 6.33 Å². The van der Waals surface area contributed by atoms with Crippen molar-refractivity contribution in [3.8, 4) is 0 Å². The Balaban J connectivity index is 2.19. The van der Waals surface area contributed by atoms with Gasteiger partial charge in [-0.3, -0.25) is 4.72 Å². The number of hydrogen-bond donors (Lipinski definition) is 1. The molecule has 0 atom stereocenters. The van der Waals surface area contributed by atoms with Crippen molar-refractivity contribution in [1.82, 2.24) is 9.97 Å². The van der Waals surface area contributed by atoms with Gasteiger partial charge >= 0.3 is 0 Å². The molecule has 1 aromatic heterocycles. The van der Waals surface area contributed by atoms with E-state index < -0.39 is 10.0 Å². The number of hydrogen-bond acceptors (Lipinski definition) is 4. The fourth-order valence-corrected chi connectivity index (χ4v) is 3.89. The van der Waals surface area contributed by atoms with E-state index in [4.69, 9.17) is 23.2 Å². The molecule has 1 saturated carbocycles. The summed E-state index contributed by atoms with van der Waals surface area (Å²) in [5, 5.41) is -0.317. The first-order chi connectivity index (χ1) is 8.50. The van der Waals surface area contributed by atoms with Crippen LogP contribution in [0, 0.1) is 0 Å². The molecule has 0 aromatic carbocycles. The van der Waals surface area contributed by atoms with Gasteiger partial charge in [0.05, 0.1) is 5.25 Å². The summed E-state index contributed by atoms with van der Waals surface area (Å²) in [6.45, 7) is 0. The van der Waals surface area contributed by atoms with Crippen molar-refractivity contribution in [3.05, 3.63) is 16.5 Å². The highest BCUT2D eigenvalue weighted by Gasteiger charge is 2.28. The van der Waals surface area contributed by atoms with Crippen LogP contribution in [-0.4, -0.2) is 23.6 Å². The average Bonchev–Trinajstić information content (AvgIpc) is 2.36. The van der Waals surface area contributed by atoms with Crippen molar-refractivity contribution in [1.29, 1.82) is 0 Å². The molecule has 0 radical (unpaired) electrons. The summed E-state index contributed by atoms with van der Waals surface area (Å²) >= 11 is 11.6. The number of sulfonamides is 1. The molecule has 100 valence electrons. The van der Waals surface area contributed by atoms with Crippen molar-refractivity contribution < 1.29 is 8.42 Å². The molecule has 0 spiro atoms. The summed E-state index contributed by atoms with van der Waals surface area (Å²) in [5.74, 6) is 0.0437. The second-order valence-corrected chi connectivity index (χ2v) is 6.93. The van der Waals surface area contributed by atoms with E-state index >= 15 is 0 Å². The van der Waals surface area contributed by atoms with Gasteiger partial charge < -0.3 is 0 Å². The SMILES string of the molecule is O=S(=O)(Nc1ncnc(Cl)c1Cl)C1CCCCC1. The number of nitrogens with zero attached hydrogens (tertiary/aromatic N) is 2. The fourth-order valence-electron chi connectivity index (χ4n) is 2.01. The van der Waals surface area contributed by atoms with Crippen molar-refractivity contribution in [2.45, 2.75) is 37.4 Å². The molecule has 0 bridgehead atoms. The standard InChI is InChI=1S/C10H13Cl2N3O2S/c11-8-9(12)13-6-14-10(8)15-18(16,17)7-4-2-1-3-5-7/h6-7H,1-5H2,(H,13,14,15). The third kappa shape index (κ3) is 3.05. The smallest absolute Gasteiger partial charge is 0.236 e. The van der Waals surface area contributed by atoms with Crippen molar-refractivity contribution >= 4 is 39.0 Å². The monoisotopic (exact) mass is 309 g/mol. The zero-order valence-corrected chi connectivity index (χ0v) is 11.9. The molecule has 8 heteroatoms. The molecule has 18 heavy (non-hydrogen) atoms.